The average molecular weight is 627 g/mol. The maximum atomic E-state index is 13.7. The van der Waals surface area contributed by atoms with Crippen LogP contribution in [0.4, 0.5) is 0 Å². The van der Waals surface area contributed by atoms with Gasteiger partial charge in [-0.05, 0) is 61.5 Å². The Bertz CT molecular complexity index is 1390. The molecule has 1 aliphatic heterocycles. The van der Waals surface area contributed by atoms with Crippen molar-refractivity contribution >= 4 is 55.3 Å². The van der Waals surface area contributed by atoms with Gasteiger partial charge in [-0.15, -0.1) is 0 Å². The number of aliphatic carboxylic acids is 1. The van der Waals surface area contributed by atoms with Crippen LogP contribution in [0.15, 0.2) is 81.7 Å². The SMILES string of the molecule is O=C(NCCc1ccccc1)C1C(c2ccc(Br)c(Br)c2)OC2(C(=O)c3ccccc3C2=O)C1C(=O)O. The van der Waals surface area contributed by atoms with Crippen molar-refractivity contribution in [3.05, 3.63) is 104 Å². The normalized spacial score (nSPS) is 21.7. The van der Waals surface area contributed by atoms with Gasteiger partial charge < -0.3 is 15.2 Å². The van der Waals surface area contributed by atoms with Gasteiger partial charge in [0.15, 0.2) is 0 Å². The predicted octanol–water partition coefficient (Wildman–Crippen LogP) is 4.78. The lowest BCUT2D eigenvalue weighted by atomic mass is 9.75. The molecule has 0 bridgehead atoms. The molecule has 0 saturated carbocycles. The third-order valence-corrected chi connectivity index (χ3v) is 8.80. The molecule has 37 heavy (non-hydrogen) atoms. The van der Waals surface area contributed by atoms with E-state index in [2.05, 4.69) is 37.2 Å². The molecule has 1 saturated heterocycles. The number of halogens is 2. The predicted molar refractivity (Wildman–Crippen MR) is 141 cm³/mol. The van der Waals surface area contributed by atoms with Crippen LogP contribution in [0.5, 0.6) is 0 Å². The first kappa shape index (κ1) is 25.5. The first-order chi connectivity index (χ1) is 17.8. The summed E-state index contributed by atoms with van der Waals surface area (Å²) in [5.41, 5.74) is -0.666. The van der Waals surface area contributed by atoms with E-state index in [0.717, 1.165) is 10.0 Å². The fraction of sp³-hybridized carbons (Fsp3) is 0.214. The van der Waals surface area contributed by atoms with Crippen LogP contribution in [0.2, 0.25) is 0 Å². The van der Waals surface area contributed by atoms with Crippen molar-refractivity contribution in [2.75, 3.05) is 6.54 Å². The number of carbonyl (C=O) groups excluding carboxylic acids is 3. The summed E-state index contributed by atoms with van der Waals surface area (Å²) in [6, 6.07) is 20.8. The van der Waals surface area contributed by atoms with Crippen molar-refractivity contribution in [2.45, 2.75) is 18.1 Å². The number of Topliss-reactive ketones (excluding diaryl/α,β-unsaturated/α-hetero) is 2. The van der Waals surface area contributed by atoms with Gasteiger partial charge >= 0.3 is 5.97 Å². The number of benzene rings is 3. The Morgan fingerprint density at radius 2 is 1.51 bits per heavy atom. The van der Waals surface area contributed by atoms with Gasteiger partial charge in [-0.3, -0.25) is 19.2 Å². The van der Waals surface area contributed by atoms with Crippen LogP contribution in [0.3, 0.4) is 0 Å². The number of ketones is 2. The van der Waals surface area contributed by atoms with Gasteiger partial charge in [0.05, 0.1) is 12.0 Å². The van der Waals surface area contributed by atoms with Crippen LogP contribution in [-0.4, -0.2) is 40.7 Å². The van der Waals surface area contributed by atoms with Crippen LogP contribution in [0.25, 0.3) is 0 Å². The van der Waals surface area contributed by atoms with Crippen molar-refractivity contribution in [3.8, 4) is 0 Å². The monoisotopic (exact) mass is 625 g/mol. The van der Waals surface area contributed by atoms with Crippen molar-refractivity contribution in [2.24, 2.45) is 11.8 Å². The van der Waals surface area contributed by atoms with Gasteiger partial charge in [-0.1, -0.05) is 60.7 Å². The summed E-state index contributed by atoms with van der Waals surface area (Å²) in [6.07, 6.45) is -0.620. The molecule has 0 radical (unpaired) electrons. The smallest absolute Gasteiger partial charge is 0.311 e. The summed E-state index contributed by atoms with van der Waals surface area (Å²) in [5, 5.41) is 13.2. The Morgan fingerprint density at radius 3 is 2.11 bits per heavy atom. The van der Waals surface area contributed by atoms with Crippen molar-refractivity contribution < 1.29 is 29.0 Å². The summed E-state index contributed by atoms with van der Waals surface area (Å²) >= 11 is 6.83. The minimum absolute atomic E-state index is 0.0969. The molecule has 7 nitrogen and oxygen atoms in total. The Morgan fingerprint density at radius 1 is 0.892 bits per heavy atom. The molecule has 1 heterocycles. The molecule has 3 atom stereocenters. The van der Waals surface area contributed by atoms with E-state index in [4.69, 9.17) is 4.74 Å². The third kappa shape index (κ3) is 4.24. The molecule has 9 heteroatoms. The minimum Gasteiger partial charge on any atom is -0.481 e. The van der Waals surface area contributed by atoms with E-state index >= 15 is 0 Å². The first-order valence-electron chi connectivity index (χ1n) is 11.6. The molecule has 0 aromatic heterocycles. The van der Waals surface area contributed by atoms with Crippen LogP contribution >= 0.6 is 31.9 Å². The Kier molecular flexibility index (Phi) is 6.87. The van der Waals surface area contributed by atoms with Crippen LogP contribution in [-0.2, 0) is 20.7 Å². The number of carboxylic acid groups (broad SMARTS) is 1. The molecular weight excluding hydrogens is 606 g/mol. The van der Waals surface area contributed by atoms with E-state index in [1.807, 2.05) is 30.3 Å². The minimum atomic E-state index is -2.33. The largest absolute Gasteiger partial charge is 0.481 e. The molecule has 3 unspecified atom stereocenters. The third-order valence-electron chi connectivity index (χ3n) is 6.92. The van der Waals surface area contributed by atoms with Crippen molar-refractivity contribution in [1.29, 1.82) is 0 Å². The maximum absolute atomic E-state index is 13.7. The van der Waals surface area contributed by atoms with Gasteiger partial charge in [-0.2, -0.15) is 0 Å². The van der Waals surface area contributed by atoms with Crippen LogP contribution < -0.4 is 5.32 Å². The Balaban J connectivity index is 1.56. The summed E-state index contributed by atoms with van der Waals surface area (Å²) in [4.78, 5) is 53.7. The number of amides is 1. The number of carbonyl (C=O) groups is 4. The number of hydrogen-bond donors (Lipinski definition) is 2. The Hall–Kier alpha value is -3.14. The van der Waals surface area contributed by atoms with Crippen LogP contribution in [0, 0.1) is 11.8 Å². The van der Waals surface area contributed by atoms with E-state index in [9.17, 15) is 24.3 Å². The standard InChI is InChI=1S/C28H21Br2NO6/c29-19-11-10-16(14-20(19)30)23-21(26(34)31-13-12-15-6-2-1-3-7-15)22(27(35)36)28(37-23)24(32)17-8-4-5-9-18(17)25(28)33/h1-11,14,21-23H,12-13H2,(H,31,34)(H,35,36). The second-order valence-corrected chi connectivity index (χ2v) is 10.7. The van der Waals surface area contributed by atoms with Gasteiger partial charge in [-0.25, -0.2) is 0 Å². The molecule has 2 aliphatic rings. The lowest BCUT2D eigenvalue weighted by molar-refractivity contribution is -0.148. The molecule has 5 rings (SSSR count). The fourth-order valence-corrected chi connectivity index (χ4v) is 5.86. The molecular formula is C28H21Br2NO6. The zero-order valence-corrected chi connectivity index (χ0v) is 22.5. The zero-order chi connectivity index (χ0) is 26.3. The van der Waals surface area contributed by atoms with Gasteiger partial charge in [0.25, 0.3) is 0 Å². The van der Waals surface area contributed by atoms with Gasteiger partial charge in [0.2, 0.25) is 23.1 Å². The highest BCUT2D eigenvalue weighted by molar-refractivity contribution is 9.13. The summed E-state index contributed by atoms with van der Waals surface area (Å²) < 4.78 is 7.58. The highest BCUT2D eigenvalue weighted by atomic mass is 79.9. The fourth-order valence-electron chi connectivity index (χ4n) is 5.22. The highest BCUT2D eigenvalue weighted by Gasteiger charge is 2.71. The molecule has 3 aromatic rings. The number of rotatable bonds is 6. The summed E-state index contributed by atoms with van der Waals surface area (Å²) in [5.74, 6) is -6.56. The number of carboxylic acids is 1. The van der Waals surface area contributed by atoms with Crippen molar-refractivity contribution in [1.82, 2.24) is 5.32 Å². The average Bonchev–Trinajstić information content (AvgIpc) is 3.36. The van der Waals surface area contributed by atoms with E-state index in [0.29, 0.717) is 16.5 Å². The van der Waals surface area contributed by atoms with E-state index < -0.39 is 47.0 Å². The molecule has 3 aromatic carbocycles. The topological polar surface area (TPSA) is 110 Å². The van der Waals surface area contributed by atoms with Gasteiger partial charge in [0.1, 0.15) is 5.92 Å². The second-order valence-electron chi connectivity index (χ2n) is 9.02. The maximum Gasteiger partial charge on any atom is 0.311 e. The molecule has 188 valence electrons. The zero-order valence-electron chi connectivity index (χ0n) is 19.3. The van der Waals surface area contributed by atoms with E-state index in [1.54, 1.807) is 30.3 Å². The van der Waals surface area contributed by atoms with Crippen LogP contribution in [0.1, 0.15) is 37.9 Å². The molecule has 2 N–H and O–H groups in total. The number of ether oxygens (including phenoxy) is 1. The molecule has 1 fully saturated rings. The van der Waals surface area contributed by atoms with E-state index in [1.165, 1.54) is 12.1 Å². The summed E-state index contributed by atoms with van der Waals surface area (Å²) in [7, 11) is 0. The molecule has 1 aliphatic carbocycles. The lowest BCUT2D eigenvalue weighted by Gasteiger charge is -2.25. The first-order valence-corrected chi connectivity index (χ1v) is 13.2. The second kappa shape index (κ2) is 9.96. The quantitative estimate of drug-likeness (QED) is 0.381. The summed E-state index contributed by atoms with van der Waals surface area (Å²) in [6.45, 7) is 0.248. The molecule has 1 amide bonds. The lowest BCUT2D eigenvalue weighted by Crippen LogP contribution is -2.52. The highest BCUT2D eigenvalue weighted by Crippen LogP contribution is 2.54. The van der Waals surface area contributed by atoms with Crippen molar-refractivity contribution in [3.63, 3.8) is 0 Å². The number of nitrogens with one attached hydrogen (secondary N) is 1. The molecule has 1 spiro atoms. The number of fused-ring (bicyclic) bond motifs is 1. The Labute approximate surface area is 229 Å². The van der Waals surface area contributed by atoms with E-state index in [-0.39, 0.29) is 17.7 Å². The van der Waals surface area contributed by atoms with Gasteiger partial charge in [0, 0.05) is 26.6 Å². The number of hydrogen-bond acceptors (Lipinski definition) is 5.